The van der Waals surface area contributed by atoms with Gasteiger partial charge in [0.15, 0.2) is 0 Å². The van der Waals surface area contributed by atoms with Gasteiger partial charge in [0.25, 0.3) is 5.69 Å². The Balaban J connectivity index is 2.39. The van der Waals surface area contributed by atoms with Gasteiger partial charge in [-0.25, -0.2) is 0 Å². The highest BCUT2D eigenvalue weighted by Crippen LogP contribution is 2.50. The summed E-state index contributed by atoms with van der Waals surface area (Å²) in [7, 11) is -3.31. The molecule has 1 aliphatic heterocycles. The van der Waals surface area contributed by atoms with Crippen molar-refractivity contribution in [3.05, 3.63) is 39.9 Å². The second-order valence-corrected chi connectivity index (χ2v) is 19.4. The number of hydrogen-bond donors (Lipinski definition) is 0. The molecule has 0 N–H and O–H groups in total. The summed E-state index contributed by atoms with van der Waals surface area (Å²) in [6, 6.07) is 6.01. The highest BCUT2D eigenvalue weighted by atomic mass is 31.2. The van der Waals surface area contributed by atoms with Gasteiger partial charge >= 0.3 is 17.9 Å². The van der Waals surface area contributed by atoms with Crippen molar-refractivity contribution >= 4 is 31.0 Å². The number of carbonyl (C=O) groups is 3. The molecule has 308 valence electrons. The van der Waals surface area contributed by atoms with Crippen LogP contribution in [0.15, 0.2) is 24.3 Å². The van der Waals surface area contributed by atoms with Crippen LogP contribution in [0.4, 0.5) is 5.69 Å². The van der Waals surface area contributed by atoms with Crippen LogP contribution in [0.2, 0.25) is 0 Å². The molecule has 0 amide bonds. The monoisotopic (exact) mass is 783 g/mol. The second-order valence-electron chi connectivity index (χ2n) is 16.9. The van der Waals surface area contributed by atoms with Crippen molar-refractivity contribution in [3.8, 4) is 0 Å². The number of ether oxygens (including phenoxy) is 3. The van der Waals surface area contributed by atoms with Crippen LogP contribution >= 0.6 is 7.37 Å². The van der Waals surface area contributed by atoms with E-state index in [2.05, 4.69) is 4.90 Å². The van der Waals surface area contributed by atoms with Crippen LogP contribution in [-0.4, -0.2) is 144 Å². The van der Waals surface area contributed by atoms with Gasteiger partial charge in [0.1, 0.15) is 16.8 Å². The quantitative estimate of drug-likeness (QED) is 0.0823. The summed E-state index contributed by atoms with van der Waals surface area (Å²) >= 11 is 0. The number of hydrogen-bond acceptors (Lipinski definition) is 14. The Kier molecular flexibility index (Phi) is 18.7. The summed E-state index contributed by atoms with van der Waals surface area (Å²) in [6.45, 7) is 22.7. The van der Waals surface area contributed by atoms with E-state index < -0.39 is 29.1 Å². The van der Waals surface area contributed by atoms with Gasteiger partial charge in [-0.3, -0.25) is 48.7 Å². The van der Waals surface area contributed by atoms with Crippen molar-refractivity contribution < 1.29 is 42.6 Å². The minimum Gasteiger partial charge on any atom is -0.459 e. The predicted molar refractivity (Wildman–Crippen MR) is 209 cm³/mol. The molecule has 0 aromatic heterocycles. The van der Waals surface area contributed by atoms with Crippen molar-refractivity contribution in [3.63, 3.8) is 0 Å². The molecule has 0 saturated carbocycles. The lowest BCUT2D eigenvalue weighted by molar-refractivity contribution is -0.384. The Hall–Kier alpha value is -2.94. The van der Waals surface area contributed by atoms with Gasteiger partial charge in [0.2, 0.25) is 7.37 Å². The predicted octanol–water partition coefficient (Wildman–Crippen LogP) is 5.39. The first-order chi connectivity index (χ1) is 24.9. The Morgan fingerprint density at radius 1 is 0.648 bits per heavy atom. The minimum absolute atomic E-state index is 0.0475. The first-order valence-electron chi connectivity index (χ1n) is 18.9. The van der Waals surface area contributed by atoms with E-state index in [-0.39, 0.29) is 62.3 Å². The molecule has 1 aliphatic rings. The molecule has 1 saturated heterocycles. The summed E-state index contributed by atoms with van der Waals surface area (Å²) in [6.07, 6.45) is 1.49. The van der Waals surface area contributed by atoms with E-state index in [0.717, 1.165) is 0 Å². The number of esters is 3. The standard InChI is InChI=1S/C38H66N5O10P/c1-11-50-54(49,29-31-14-16-32(17-15-31)43(47)48)30-42-21-13-20-40(27-34(45)52-37(5,6)7)23-22-39(26-33(44)51-36(2,3)4)18-12-19-41(24-25-42)28-35(46)53-38(8,9)10/h14-17H,11-13,18-30H2,1-10H3. The zero-order valence-corrected chi connectivity index (χ0v) is 35.3. The summed E-state index contributed by atoms with van der Waals surface area (Å²) in [5, 5.41) is 11.2. The van der Waals surface area contributed by atoms with E-state index in [1.165, 1.54) is 12.1 Å². The van der Waals surface area contributed by atoms with Gasteiger partial charge in [-0.1, -0.05) is 12.1 Å². The van der Waals surface area contributed by atoms with Gasteiger partial charge in [0.05, 0.1) is 43.6 Å². The number of carbonyl (C=O) groups excluding carboxylic acids is 3. The maximum Gasteiger partial charge on any atom is 0.320 e. The molecular weight excluding hydrogens is 717 g/mol. The number of rotatable bonds is 13. The summed E-state index contributed by atoms with van der Waals surface area (Å²) in [5.41, 5.74) is -1.30. The number of nitro benzene ring substituents is 1. The third-order valence-corrected chi connectivity index (χ3v) is 10.4. The van der Waals surface area contributed by atoms with Crippen molar-refractivity contribution in [2.75, 3.05) is 84.9 Å². The van der Waals surface area contributed by atoms with Crippen LogP contribution in [0.3, 0.4) is 0 Å². The van der Waals surface area contributed by atoms with E-state index in [0.29, 0.717) is 70.8 Å². The third-order valence-electron chi connectivity index (χ3n) is 8.03. The average Bonchev–Trinajstić information content (AvgIpc) is 2.99. The molecule has 1 unspecified atom stereocenters. The Labute approximate surface area is 322 Å². The van der Waals surface area contributed by atoms with Crippen molar-refractivity contribution in [1.29, 1.82) is 0 Å². The largest absolute Gasteiger partial charge is 0.459 e. The van der Waals surface area contributed by atoms with Crippen molar-refractivity contribution in [1.82, 2.24) is 19.6 Å². The van der Waals surface area contributed by atoms with E-state index in [1.807, 2.05) is 77.0 Å². The number of non-ortho nitro benzene ring substituents is 1. The highest BCUT2D eigenvalue weighted by molar-refractivity contribution is 7.58. The fourth-order valence-electron chi connectivity index (χ4n) is 6.01. The van der Waals surface area contributed by atoms with Crippen molar-refractivity contribution in [2.24, 2.45) is 0 Å². The van der Waals surface area contributed by atoms with Crippen LogP contribution < -0.4 is 0 Å². The zero-order chi connectivity index (χ0) is 40.7. The van der Waals surface area contributed by atoms with Gasteiger partial charge in [0, 0.05) is 57.9 Å². The molecule has 1 aromatic carbocycles. The molecule has 1 fully saturated rings. The van der Waals surface area contributed by atoms with Gasteiger partial charge in [-0.15, -0.1) is 0 Å². The lowest BCUT2D eigenvalue weighted by atomic mass is 10.2. The fraction of sp³-hybridized carbons (Fsp3) is 0.763. The van der Waals surface area contributed by atoms with Crippen LogP contribution in [0.25, 0.3) is 0 Å². The number of benzene rings is 1. The van der Waals surface area contributed by atoms with Crippen LogP contribution in [0, 0.1) is 10.1 Å². The van der Waals surface area contributed by atoms with Gasteiger partial charge < -0.3 is 18.7 Å². The number of nitrogens with zero attached hydrogens (tertiary/aromatic N) is 5. The number of nitro groups is 1. The van der Waals surface area contributed by atoms with Crippen LogP contribution in [0.1, 0.15) is 87.6 Å². The molecule has 1 heterocycles. The molecule has 2 rings (SSSR count). The molecule has 1 atom stereocenters. The summed E-state index contributed by atoms with van der Waals surface area (Å²) < 4.78 is 37.3. The van der Waals surface area contributed by atoms with Crippen LogP contribution in [0.5, 0.6) is 0 Å². The Morgan fingerprint density at radius 2 is 1.00 bits per heavy atom. The van der Waals surface area contributed by atoms with Gasteiger partial charge in [-0.2, -0.15) is 0 Å². The molecule has 0 aliphatic carbocycles. The van der Waals surface area contributed by atoms with E-state index in [4.69, 9.17) is 18.7 Å². The molecule has 1 aromatic rings. The first-order valence-corrected chi connectivity index (χ1v) is 20.9. The molecule has 0 spiro atoms. The third kappa shape index (κ3) is 20.7. The van der Waals surface area contributed by atoms with E-state index >= 15 is 0 Å². The van der Waals surface area contributed by atoms with E-state index in [1.54, 1.807) is 19.1 Å². The Morgan fingerprint density at radius 3 is 1.33 bits per heavy atom. The molecule has 15 nitrogen and oxygen atoms in total. The topological polar surface area (TPSA) is 161 Å². The zero-order valence-electron chi connectivity index (χ0n) is 34.4. The first kappa shape index (κ1) is 47.2. The SMILES string of the molecule is CCOP(=O)(Cc1ccc([N+](=O)[O-])cc1)CN1CCCN(CC(=O)OC(C)(C)C)CCN(CC(=O)OC(C)(C)C)CCCN(CC(=O)OC(C)(C)C)CC1. The fourth-order valence-corrected chi connectivity index (χ4v) is 8.41. The average molecular weight is 784 g/mol. The molecule has 0 bridgehead atoms. The smallest absolute Gasteiger partial charge is 0.320 e. The lowest BCUT2D eigenvalue weighted by Crippen LogP contribution is -2.45. The maximum absolute atomic E-state index is 14.4. The Bertz CT molecular complexity index is 1400. The normalized spacial score (nSPS) is 18.3. The van der Waals surface area contributed by atoms with Gasteiger partial charge in [-0.05, 0) is 94.2 Å². The van der Waals surface area contributed by atoms with Crippen LogP contribution in [-0.2, 0) is 43.8 Å². The molecule has 54 heavy (non-hydrogen) atoms. The molecule has 0 radical (unpaired) electrons. The maximum atomic E-state index is 14.4. The van der Waals surface area contributed by atoms with Crippen molar-refractivity contribution in [2.45, 2.75) is 105 Å². The minimum atomic E-state index is -3.31. The highest BCUT2D eigenvalue weighted by Gasteiger charge is 2.29. The second kappa shape index (κ2) is 21.4. The molecular formula is C38H66N5O10P. The van der Waals surface area contributed by atoms with E-state index in [9.17, 15) is 29.1 Å². The summed E-state index contributed by atoms with van der Waals surface area (Å²) in [5.74, 6) is -1.03. The lowest BCUT2D eigenvalue weighted by Gasteiger charge is -2.33. The molecule has 16 heteroatoms. The summed E-state index contributed by atoms with van der Waals surface area (Å²) in [4.78, 5) is 57.8.